The first kappa shape index (κ1) is 14.4. The third-order valence-corrected chi connectivity index (χ3v) is 3.36. The lowest BCUT2D eigenvalue weighted by molar-refractivity contribution is -0.119. The van der Waals surface area contributed by atoms with Crippen LogP contribution in [-0.4, -0.2) is 12.5 Å². The van der Waals surface area contributed by atoms with Gasteiger partial charge in [-0.3, -0.25) is 4.79 Å². The van der Waals surface area contributed by atoms with Gasteiger partial charge < -0.3 is 10.6 Å². The van der Waals surface area contributed by atoms with E-state index in [2.05, 4.69) is 10.6 Å². The summed E-state index contributed by atoms with van der Waals surface area (Å²) in [5.41, 5.74) is 2.94. The van der Waals surface area contributed by atoms with E-state index in [9.17, 15) is 4.79 Å². The largest absolute Gasteiger partial charge is 0.376 e. The van der Waals surface area contributed by atoms with Gasteiger partial charge in [-0.05, 0) is 30.2 Å². The quantitative estimate of drug-likeness (QED) is 0.885. The zero-order valence-corrected chi connectivity index (χ0v) is 12.1. The normalized spacial score (nSPS) is 10.1. The summed E-state index contributed by atoms with van der Waals surface area (Å²) < 4.78 is 0. The average Bonchev–Trinajstić information content (AvgIpc) is 2.47. The Bertz CT molecular complexity index is 584. The molecular weight excluding hydrogens is 272 g/mol. The highest BCUT2D eigenvalue weighted by atomic mass is 35.5. The minimum absolute atomic E-state index is 0.0504. The molecule has 0 fully saturated rings. The van der Waals surface area contributed by atoms with Crippen molar-refractivity contribution in [1.29, 1.82) is 0 Å². The molecule has 0 unspecified atom stereocenters. The number of carbonyl (C=O) groups is 1. The topological polar surface area (TPSA) is 41.1 Å². The zero-order valence-electron chi connectivity index (χ0n) is 11.3. The summed E-state index contributed by atoms with van der Waals surface area (Å²) in [6.45, 7) is 2.71. The van der Waals surface area contributed by atoms with E-state index in [4.69, 9.17) is 11.6 Å². The van der Waals surface area contributed by atoms with E-state index in [0.29, 0.717) is 11.6 Å². The van der Waals surface area contributed by atoms with Crippen LogP contribution in [0.2, 0.25) is 5.02 Å². The summed E-state index contributed by atoms with van der Waals surface area (Å²) in [5, 5.41) is 6.61. The molecule has 0 heterocycles. The average molecular weight is 289 g/mol. The highest BCUT2D eigenvalue weighted by Gasteiger charge is 2.02. The number of anilines is 1. The van der Waals surface area contributed by atoms with Gasteiger partial charge in [0, 0.05) is 17.3 Å². The number of carbonyl (C=O) groups excluding carboxylic acids is 1. The first-order valence-corrected chi connectivity index (χ1v) is 6.83. The van der Waals surface area contributed by atoms with E-state index in [1.807, 2.05) is 55.5 Å². The predicted octanol–water partition coefficient (Wildman–Crippen LogP) is 3.38. The van der Waals surface area contributed by atoms with E-state index in [0.717, 1.165) is 16.8 Å². The molecule has 0 saturated carbocycles. The molecule has 2 N–H and O–H groups in total. The molecule has 0 aromatic heterocycles. The van der Waals surface area contributed by atoms with Crippen LogP contribution in [-0.2, 0) is 11.3 Å². The molecular formula is C16H17ClN2O. The van der Waals surface area contributed by atoms with E-state index in [1.165, 1.54) is 0 Å². The molecule has 104 valence electrons. The van der Waals surface area contributed by atoms with Crippen molar-refractivity contribution < 1.29 is 4.79 Å². The summed E-state index contributed by atoms with van der Waals surface area (Å²) in [7, 11) is 0. The third-order valence-electron chi connectivity index (χ3n) is 2.96. The Balaban J connectivity index is 1.79. The maximum atomic E-state index is 11.7. The fourth-order valence-electron chi connectivity index (χ4n) is 1.74. The lowest BCUT2D eigenvalue weighted by atomic mass is 10.2. The highest BCUT2D eigenvalue weighted by molar-refractivity contribution is 6.31. The number of benzene rings is 2. The van der Waals surface area contributed by atoms with E-state index in [1.54, 1.807) is 0 Å². The summed E-state index contributed by atoms with van der Waals surface area (Å²) >= 11 is 6.03. The first-order chi connectivity index (χ1) is 9.65. The number of nitrogens with one attached hydrogen (secondary N) is 2. The molecule has 0 bridgehead atoms. The van der Waals surface area contributed by atoms with Crippen LogP contribution in [0.15, 0.2) is 48.5 Å². The number of hydrogen-bond acceptors (Lipinski definition) is 2. The number of halogens is 1. The summed E-state index contributed by atoms with van der Waals surface area (Å²) in [5.74, 6) is -0.0504. The molecule has 4 heteroatoms. The fraction of sp³-hybridized carbons (Fsp3) is 0.188. The molecule has 20 heavy (non-hydrogen) atoms. The minimum atomic E-state index is -0.0504. The van der Waals surface area contributed by atoms with Crippen LogP contribution in [0.5, 0.6) is 0 Å². The second-order valence-corrected chi connectivity index (χ2v) is 4.99. The maximum absolute atomic E-state index is 11.7. The van der Waals surface area contributed by atoms with Gasteiger partial charge >= 0.3 is 0 Å². The molecule has 0 aliphatic rings. The van der Waals surface area contributed by atoms with Crippen LogP contribution >= 0.6 is 11.6 Å². The lowest BCUT2D eigenvalue weighted by Gasteiger charge is -2.09. The van der Waals surface area contributed by atoms with E-state index >= 15 is 0 Å². The maximum Gasteiger partial charge on any atom is 0.239 e. The van der Waals surface area contributed by atoms with Gasteiger partial charge in [0.15, 0.2) is 0 Å². The molecule has 0 spiro atoms. The lowest BCUT2D eigenvalue weighted by Crippen LogP contribution is -2.29. The molecule has 0 saturated heterocycles. The molecule has 0 aliphatic carbocycles. The van der Waals surface area contributed by atoms with Crippen molar-refractivity contribution in [3.05, 3.63) is 64.7 Å². The van der Waals surface area contributed by atoms with Gasteiger partial charge in [-0.25, -0.2) is 0 Å². The van der Waals surface area contributed by atoms with Crippen molar-refractivity contribution in [2.24, 2.45) is 0 Å². The van der Waals surface area contributed by atoms with Crippen molar-refractivity contribution in [3.63, 3.8) is 0 Å². The van der Waals surface area contributed by atoms with Gasteiger partial charge in [0.25, 0.3) is 0 Å². The van der Waals surface area contributed by atoms with Crippen molar-refractivity contribution >= 4 is 23.2 Å². The van der Waals surface area contributed by atoms with Crippen LogP contribution in [0.25, 0.3) is 0 Å². The van der Waals surface area contributed by atoms with Gasteiger partial charge in [-0.15, -0.1) is 0 Å². The van der Waals surface area contributed by atoms with Crippen LogP contribution < -0.4 is 10.6 Å². The first-order valence-electron chi connectivity index (χ1n) is 6.46. The van der Waals surface area contributed by atoms with Crippen molar-refractivity contribution in [2.45, 2.75) is 13.5 Å². The van der Waals surface area contributed by atoms with Gasteiger partial charge in [0.05, 0.1) is 6.54 Å². The SMILES string of the molecule is Cc1ccc(NCC(=O)NCc2ccccc2)cc1Cl. The van der Waals surface area contributed by atoms with Crippen molar-refractivity contribution in [1.82, 2.24) is 5.32 Å². The van der Waals surface area contributed by atoms with Gasteiger partial charge in [0.2, 0.25) is 5.91 Å². The molecule has 2 aromatic carbocycles. The number of hydrogen-bond donors (Lipinski definition) is 2. The Morgan fingerprint density at radius 1 is 1.15 bits per heavy atom. The minimum Gasteiger partial charge on any atom is -0.376 e. The third kappa shape index (κ3) is 4.28. The molecule has 2 rings (SSSR count). The molecule has 2 aromatic rings. The monoisotopic (exact) mass is 288 g/mol. The van der Waals surface area contributed by atoms with Gasteiger partial charge in [-0.1, -0.05) is 48.0 Å². The Morgan fingerprint density at radius 2 is 1.90 bits per heavy atom. The summed E-state index contributed by atoms with van der Waals surface area (Å²) in [6.07, 6.45) is 0. The molecule has 0 aliphatic heterocycles. The predicted molar refractivity (Wildman–Crippen MR) is 83.0 cm³/mol. The Labute approximate surface area is 124 Å². The second-order valence-electron chi connectivity index (χ2n) is 4.58. The van der Waals surface area contributed by atoms with Crippen LogP contribution in [0.3, 0.4) is 0 Å². The summed E-state index contributed by atoms with van der Waals surface area (Å²) in [4.78, 5) is 11.7. The standard InChI is InChI=1S/C16H17ClN2O/c1-12-7-8-14(9-15(12)17)18-11-16(20)19-10-13-5-3-2-4-6-13/h2-9,18H,10-11H2,1H3,(H,19,20). The molecule has 1 amide bonds. The second kappa shape index (κ2) is 6.96. The van der Waals surface area contributed by atoms with Crippen molar-refractivity contribution in [2.75, 3.05) is 11.9 Å². The Morgan fingerprint density at radius 3 is 2.60 bits per heavy atom. The number of amides is 1. The molecule has 0 atom stereocenters. The number of aryl methyl sites for hydroxylation is 1. The zero-order chi connectivity index (χ0) is 14.4. The molecule has 3 nitrogen and oxygen atoms in total. The van der Waals surface area contributed by atoms with Crippen LogP contribution in [0, 0.1) is 6.92 Å². The number of rotatable bonds is 5. The highest BCUT2D eigenvalue weighted by Crippen LogP contribution is 2.19. The van der Waals surface area contributed by atoms with Gasteiger partial charge in [-0.2, -0.15) is 0 Å². The van der Waals surface area contributed by atoms with Crippen LogP contribution in [0.4, 0.5) is 5.69 Å². The Hall–Kier alpha value is -2.00. The van der Waals surface area contributed by atoms with Gasteiger partial charge in [0.1, 0.15) is 0 Å². The fourth-order valence-corrected chi connectivity index (χ4v) is 1.92. The van der Waals surface area contributed by atoms with E-state index < -0.39 is 0 Å². The van der Waals surface area contributed by atoms with Crippen LogP contribution in [0.1, 0.15) is 11.1 Å². The summed E-state index contributed by atoms with van der Waals surface area (Å²) in [6, 6.07) is 15.5. The van der Waals surface area contributed by atoms with E-state index in [-0.39, 0.29) is 12.5 Å². The smallest absolute Gasteiger partial charge is 0.239 e. The Kier molecular flexibility index (Phi) is 5.02. The van der Waals surface area contributed by atoms with Crippen molar-refractivity contribution in [3.8, 4) is 0 Å². The molecule has 0 radical (unpaired) electrons.